The van der Waals surface area contributed by atoms with Gasteiger partial charge in [-0.2, -0.15) is 0 Å². The molecule has 0 saturated heterocycles. The number of benzene rings is 2. The van der Waals surface area contributed by atoms with Gasteiger partial charge < -0.3 is 10.1 Å². The Kier molecular flexibility index (Phi) is 6.73. The van der Waals surface area contributed by atoms with Crippen molar-refractivity contribution in [1.29, 1.82) is 0 Å². The number of sulfonamides is 1. The van der Waals surface area contributed by atoms with E-state index in [1.54, 1.807) is 49.4 Å². The molecule has 1 N–H and O–H groups in total. The minimum absolute atomic E-state index is 0.294. The lowest BCUT2D eigenvalue weighted by Gasteiger charge is -2.30. The van der Waals surface area contributed by atoms with Gasteiger partial charge in [-0.05, 0) is 49.2 Å². The maximum atomic E-state index is 12.9. The van der Waals surface area contributed by atoms with Gasteiger partial charge in [0.15, 0.2) is 0 Å². The van der Waals surface area contributed by atoms with Crippen LogP contribution in [0.2, 0.25) is 5.02 Å². The smallest absolute Gasteiger partial charge is 0.248 e. The molecule has 0 aliphatic carbocycles. The first-order valence-electron chi connectivity index (χ1n) is 8.37. The van der Waals surface area contributed by atoms with E-state index in [0.717, 1.165) is 16.1 Å². The van der Waals surface area contributed by atoms with Crippen molar-refractivity contribution in [1.82, 2.24) is 0 Å². The van der Waals surface area contributed by atoms with Gasteiger partial charge >= 0.3 is 0 Å². The van der Waals surface area contributed by atoms with Gasteiger partial charge in [-0.3, -0.25) is 9.10 Å². The van der Waals surface area contributed by atoms with Crippen LogP contribution in [0.5, 0.6) is 5.75 Å². The molecule has 0 aliphatic rings. The molecule has 0 bridgehead atoms. The number of nitrogens with one attached hydrogen (secondary N) is 1. The number of hydrogen-bond donors (Lipinski definition) is 1. The Morgan fingerprint density at radius 3 is 2.52 bits per heavy atom. The number of rotatable bonds is 7. The SMILES string of the molecule is CC[C@H](C(=O)Nc1ccc(Cl)cc1C)N(c1cccc(OC)c1)S(C)(=O)=O. The fourth-order valence-electron chi connectivity index (χ4n) is 2.79. The van der Waals surface area contributed by atoms with Crippen LogP contribution in [-0.4, -0.2) is 33.7 Å². The Labute approximate surface area is 165 Å². The molecular formula is C19H23ClN2O4S. The van der Waals surface area contributed by atoms with Crippen molar-refractivity contribution in [3.63, 3.8) is 0 Å². The number of hydrogen-bond acceptors (Lipinski definition) is 4. The molecule has 2 aromatic carbocycles. The average molecular weight is 411 g/mol. The molecule has 0 aliphatic heterocycles. The van der Waals surface area contributed by atoms with E-state index < -0.39 is 22.0 Å². The zero-order chi connectivity index (χ0) is 20.2. The third-order valence-electron chi connectivity index (χ3n) is 4.08. The van der Waals surface area contributed by atoms with E-state index in [9.17, 15) is 13.2 Å². The highest BCUT2D eigenvalue weighted by atomic mass is 35.5. The lowest BCUT2D eigenvalue weighted by molar-refractivity contribution is -0.117. The van der Waals surface area contributed by atoms with Crippen LogP contribution >= 0.6 is 11.6 Å². The number of nitrogens with zero attached hydrogens (tertiary/aromatic N) is 1. The quantitative estimate of drug-likeness (QED) is 0.752. The highest BCUT2D eigenvalue weighted by molar-refractivity contribution is 7.92. The van der Waals surface area contributed by atoms with Crippen LogP contribution in [-0.2, 0) is 14.8 Å². The molecule has 8 heteroatoms. The summed E-state index contributed by atoms with van der Waals surface area (Å²) in [6, 6.07) is 10.8. The van der Waals surface area contributed by atoms with E-state index in [1.807, 2.05) is 6.92 Å². The van der Waals surface area contributed by atoms with Crippen LogP contribution < -0.4 is 14.4 Å². The predicted octanol–water partition coefficient (Wildman–Crippen LogP) is 3.84. The number of anilines is 2. The highest BCUT2D eigenvalue weighted by Crippen LogP contribution is 2.27. The van der Waals surface area contributed by atoms with E-state index in [1.165, 1.54) is 7.11 Å². The summed E-state index contributed by atoms with van der Waals surface area (Å²) in [6.07, 6.45) is 1.37. The summed E-state index contributed by atoms with van der Waals surface area (Å²) in [6.45, 7) is 3.58. The maximum absolute atomic E-state index is 12.9. The highest BCUT2D eigenvalue weighted by Gasteiger charge is 2.32. The predicted molar refractivity (Wildman–Crippen MR) is 109 cm³/mol. The largest absolute Gasteiger partial charge is 0.497 e. The van der Waals surface area contributed by atoms with E-state index in [-0.39, 0.29) is 0 Å². The summed E-state index contributed by atoms with van der Waals surface area (Å²) in [5.41, 5.74) is 1.74. The van der Waals surface area contributed by atoms with E-state index in [2.05, 4.69) is 5.32 Å². The summed E-state index contributed by atoms with van der Waals surface area (Å²) in [4.78, 5) is 12.9. The van der Waals surface area contributed by atoms with Gasteiger partial charge in [-0.15, -0.1) is 0 Å². The Morgan fingerprint density at radius 2 is 1.96 bits per heavy atom. The molecule has 146 valence electrons. The fraction of sp³-hybridized carbons (Fsp3) is 0.316. The zero-order valence-corrected chi connectivity index (χ0v) is 17.3. The minimum atomic E-state index is -3.71. The Morgan fingerprint density at radius 1 is 1.26 bits per heavy atom. The number of methoxy groups -OCH3 is 1. The summed E-state index contributed by atoms with van der Waals surface area (Å²) in [5.74, 6) is 0.0844. The summed E-state index contributed by atoms with van der Waals surface area (Å²) < 4.78 is 31.3. The van der Waals surface area contributed by atoms with E-state index >= 15 is 0 Å². The molecule has 1 atom stereocenters. The first-order valence-corrected chi connectivity index (χ1v) is 10.6. The number of ether oxygens (including phenoxy) is 1. The van der Waals surface area contributed by atoms with Crippen molar-refractivity contribution in [2.45, 2.75) is 26.3 Å². The molecule has 0 unspecified atom stereocenters. The average Bonchev–Trinajstić information content (AvgIpc) is 2.60. The molecule has 0 aromatic heterocycles. The zero-order valence-electron chi connectivity index (χ0n) is 15.7. The monoisotopic (exact) mass is 410 g/mol. The van der Waals surface area contributed by atoms with Crippen LogP contribution in [0, 0.1) is 6.92 Å². The number of amides is 1. The number of carbonyl (C=O) groups excluding carboxylic acids is 1. The van der Waals surface area contributed by atoms with Crippen LogP contribution in [0.4, 0.5) is 11.4 Å². The lowest BCUT2D eigenvalue weighted by Crippen LogP contribution is -2.47. The number of aryl methyl sites for hydroxylation is 1. The molecule has 0 fully saturated rings. The molecule has 2 rings (SSSR count). The Bertz CT molecular complexity index is 931. The normalized spacial score (nSPS) is 12.3. The van der Waals surface area contributed by atoms with E-state index in [4.69, 9.17) is 16.3 Å². The fourth-order valence-corrected chi connectivity index (χ4v) is 4.22. The number of carbonyl (C=O) groups is 1. The molecule has 0 heterocycles. The molecule has 6 nitrogen and oxygen atoms in total. The maximum Gasteiger partial charge on any atom is 0.248 e. The van der Waals surface area contributed by atoms with Crippen LogP contribution in [0.3, 0.4) is 0 Å². The second-order valence-corrected chi connectivity index (χ2v) is 8.43. The Hall–Kier alpha value is -2.25. The molecule has 1 amide bonds. The standard InChI is InChI=1S/C19H23ClN2O4S/c1-5-18(19(23)21-17-10-9-14(20)11-13(17)2)22(27(4,24)25)15-7-6-8-16(12-15)26-3/h6-12,18H,5H2,1-4H3,(H,21,23)/t18-/m1/s1. The summed E-state index contributed by atoms with van der Waals surface area (Å²) in [5, 5.41) is 3.37. The van der Waals surface area contributed by atoms with Crippen molar-refractivity contribution in [3.8, 4) is 5.75 Å². The van der Waals surface area contributed by atoms with Crippen molar-refractivity contribution < 1.29 is 17.9 Å². The molecule has 27 heavy (non-hydrogen) atoms. The van der Waals surface area contributed by atoms with E-state index in [0.29, 0.717) is 28.6 Å². The van der Waals surface area contributed by atoms with Gasteiger partial charge in [0.1, 0.15) is 11.8 Å². The van der Waals surface area contributed by atoms with Gasteiger partial charge in [0.2, 0.25) is 15.9 Å². The van der Waals surface area contributed by atoms with Gasteiger partial charge in [-0.1, -0.05) is 24.6 Å². The first-order chi connectivity index (χ1) is 12.7. The molecule has 0 saturated carbocycles. The second-order valence-electron chi connectivity index (χ2n) is 6.13. The van der Waals surface area contributed by atoms with Gasteiger partial charge in [-0.25, -0.2) is 8.42 Å². The third-order valence-corrected chi connectivity index (χ3v) is 5.50. The minimum Gasteiger partial charge on any atom is -0.497 e. The number of halogens is 1. The molecule has 2 aromatic rings. The van der Waals surface area contributed by atoms with Crippen molar-refractivity contribution in [2.75, 3.05) is 23.0 Å². The van der Waals surface area contributed by atoms with Crippen LogP contribution in [0.15, 0.2) is 42.5 Å². The van der Waals surface area contributed by atoms with Crippen LogP contribution in [0.1, 0.15) is 18.9 Å². The van der Waals surface area contributed by atoms with Crippen molar-refractivity contribution in [2.24, 2.45) is 0 Å². The lowest BCUT2D eigenvalue weighted by atomic mass is 10.1. The molecule has 0 radical (unpaired) electrons. The van der Waals surface area contributed by atoms with Gasteiger partial charge in [0.05, 0.1) is 19.1 Å². The molecular weight excluding hydrogens is 388 g/mol. The first kappa shape index (κ1) is 21.1. The second kappa shape index (κ2) is 8.63. The van der Waals surface area contributed by atoms with Crippen molar-refractivity contribution in [3.05, 3.63) is 53.1 Å². The Balaban J connectivity index is 2.41. The van der Waals surface area contributed by atoms with Gasteiger partial charge in [0, 0.05) is 16.8 Å². The topological polar surface area (TPSA) is 75.7 Å². The van der Waals surface area contributed by atoms with Crippen LogP contribution in [0.25, 0.3) is 0 Å². The summed E-state index contributed by atoms with van der Waals surface area (Å²) >= 11 is 5.95. The molecule has 0 spiro atoms. The van der Waals surface area contributed by atoms with Crippen molar-refractivity contribution >= 4 is 38.9 Å². The van der Waals surface area contributed by atoms with Gasteiger partial charge in [0.25, 0.3) is 0 Å². The summed E-state index contributed by atoms with van der Waals surface area (Å²) in [7, 11) is -2.22. The third kappa shape index (κ3) is 5.14.